The lowest BCUT2D eigenvalue weighted by Gasteiger charge is -2.16. The number of nitrogens with zero attached hydrogens (tertiary/aromatic N) is 2. The summed E-state index contributed by atoms with van der Waals surface area (Å²) < 4.78 is 1.83. The van der Waals surface area contributed by atoms with Crippen molar-refractivity contribution in [1.29, 1.82) is 0 Å². The minimum absolute atomic E-state index is 0.0287. The highest BCUT2D eigenvalue weighted by Gasteiger charge is 2.21. The van der Waals surface area contributed by atoms with E-state index in [4.69, 9.17) is 0 Å². The van der Waals surface area contributed by atoms with Gasteiger partial charge in [-0.25, -0.2) is 0 Å². The highest BCUT2D eigenvalue weighted by Crippen LogP contribution is 2.16. The molecule has 0 radical (unpaired) electrons. The zero-order chi connectivity index (χ0) is 16.3. The van der Waals surface area contributed by atoms with Crippen LogP contribution in [0.25, 0.3) is 10.9 Å². The van der Waals surface area contributed by atoms with Gasteiger partial charge >= 0.3 is 0 Å². The van der Waals surface area contributed by atoms with Gasteiger partial charge in [0, 0.05) is 17.2 Å². The standard InChI is InChI=1S/C17H23N3O2/c1-12-5-6-13-10-19-20(14(13)9-12)8-7-16(22)18-11-15(21)17(2,3)4/h5-6,9-10H,7-8,11H2,1-4H3,(H,18,22). The Morgan fingerprint density at radius 1 is 1.27 bits per heavy atom. The van der Waals surface area contributed by atoms with E-state index in [0.29, 0.717) is 13.0 Å². The molecule has 1 heterocycles. The number of fused-ring (bicyclic) bond motifs is 1. The topological polar surface area (TPSA) is 64.0 Å². The second-order valence-corrected chi connectivity index (χ2v) is 6.63. The maximum absolute atomic E-state index is 11.9. The van der Waals surface area contributed by atoms with E-state index >= 15 is 0 Å². The zero-order valence-corrected chi connectivity index (χ0v) is 13.6. The van der Waals surface area contributed by atoms with Gasteiger partial charge < -0.3 is 5.32 Å². The van der Waals surface area contributed by atoms with Crippen LogP contribution in [0.2, 0.25) is 0 Å². The molecule has 0 aliphatic carbocycles. The lowest BCUT2D eigenvalue weighted by Crippen LogP contribution is -2.35. The Bertz CT molecular complexity index is 695. The van der Waals surface area contributed by atoms with Crippen molar-refractivity contribution in [3.8, 4) is 0 Å². The molecule has 118 valence electrons. The molecule has 0 saturated carbocycles. The summed E-state index contributed by atoms with van der Waals surface area (Å²) in [6.45, 7) is 8.16. The number of ketones is 1. The number of nitrogens with one attached hydrogen (secondary N) is 1. The Morgan fingerprint density at radius 2 is 2.00 bits per heavy atom. The molecule has 0 bridgehead atoms. The number of aryl methyl sites for hydroxylation is 2. The first kappa shape index (κ1) is 16.2. The van der Waals surface area contributed by atoms with E-state index in [1.165, 1.54) is 0 Å². The summed E-state index contributed by atoms with van der Waals surface area (Å²) in [6, 6.07) is 6.12. The van der Waals surface area contributed by atoms with E-state index in [9.17, 15) is 9.59 Å². The fourth-order valence-corrected chi connectivity index (χ4v) is 2.10. The van der Waals surface area contributed by atoms with E-state index in [1.54, 1.807) is 6.20 Å². The van der Waals surface area contributed by atoms with Crippen molar-refractivity contribution in [2.45, 2.75) is 40.7 Å². The number of carbonyl (C=O) groups is 2. The SMILES string of the molecule is Cc1ccc2cnn(CCC(=O)NCC(=O)C(C)(C)C)c2c1. The number of hydrogen-bond donors (Lipinski definition) is 1. The second kappa shape index (κ2) is 6.30. The average molecular weight is 301 g/mol. The minimum atomic E-state index is -0.428. The van der Waals surface area contributed by atoms with Gasteiger partial charge in [0.05, 0.1) is 24.8 Å². The Labute approximate surface area is 130 Å². The van der Waals surface area contributed by atoms with Gasteiger partial charge in [-0.3, -0.25) is 14.3 Å². The predicted molar refractivity (Wildman–Crippen MR) is 86.6 cm³/mol. The van der Waals surface area contributed by atoms with Gasteiger partial charge in [0.1, 0.15) is 0 Å². The van der Waals surface area contributed by atoms with Crippen LogP contribution in [0.3, 0.4) is 0 Å². The smallest absolute Gasteiger partial charge is 0.222 e. The molecule has 1 amide bonds. The normalized spacial score (nSPS) is 11.6. The summed E-state index contributed by atoms with van der Waals surface area (Å²) in [4.78, 5) is 23.7. The molecule has 2 aromatic rings. The molecule has 0 atom stereocenters. The fraction of sp³-hybridized carbons (Fsp3) is 0.471. The highest BCUT2D eigenvalue weighted by molar-refractivity contribution is 5.89. The van der Waals surface area contributed by atoms with Crippen LogP contribution >= 0.6 is 0 Å². The monoisotopic (exact) mass is 301 g/mol. The summed E-state index contributed by atoms with van der Waals surface area (Å²) in [7, 11) is 0. The number of Topliss-reactive ketones (excluding diaryl/α,β-unsaturated/α-hetero) is 1. The van der Waals surface area contributed by atoms with Crippen molar-refractivity contribution in [1.82, 2.24) is 15.1 Å². The van der Waals surface area contributed by atoms with Gasteiger partial charge in [0.15, 0.2) is 5.78 Å². The number of benzene rings is 1. The van der Waals surface area contributed by atoms with Crippen LogP contribution in [-0.2, 0) is 16.1 Å². The maximum atomic E-state index is 11.9. The number of carbonyl (C=O) groups excluding carboxylic acids is 2. The van der Waals surface area contributed by atoms with Crippen LogP contribution in [0.15, 0.2) is 24.4 Å². The van der Waals surface area contributed by atoms with Gasteiger partial charge in [-0.2, -0.15) is 5.10 Å². The van der Waals surface area contributed by atoms with E-state index in [-0.39, 0.29) is 18.2 Å². The summed E-state index contributed by atoms with van der Waals surface area (Å²) in [5, 5.41) is 8.06. The molecule has 0 unspecified atom stereocenters. The molecule has 1 aromatic heterocycles. The Hall–Kier alpha value is -2.17. The quantitative estimate of drug-likeness (QED) is 0.922. The first-order chi connectivity index (χ1) is 10.3. The van der Waals surface area contributed by atoms with Crippen LogP contribution in [0.1, 0.15) is 32.8 Å². The molecule has 0 aliphatic rings. The molecule has 0 fully saturated rings. The third-order valence-electron chi connectivity index (χ3n) is 3.63. The Balaban J connectivity index is 1.90. The maximum Gasteiger partial charge on any atom is 0.222 e. The van der Waals surface area contributed by atoms with E-state index in [0.717, 1.165) is 16.5 Å². The molecule has 0 saturated heterocycles. The molecule has 1 aromatic carbocycles. The van der Waals surface area contributed by atoms with E-state index in [2.05, 4.69) is 16.5 Å². The highest BCUT2D eigenvalue weighted by atomic mass is 16.2. The molecule has 0 spiro atoms. The Kier molecular flexibility index (Phi) is 4.64. The van der Waals surface area contributed by atoms with Crippen LogP contribution in [0, 0.1) is 12.3 Å². The minimum Gasteiger partial charge on any atom is -0.349 e. The number of aromatic nitrogens is 2. The van der Waals surface area contributed by atoms with E-state index in [1.807, 2.05) is 44.5 Å². The van der Waals surface area contributed by atoms with Crippen molar-refractivity contribution in [3.63, 3.8) is 0 Å². The van der Waals surface area contributed by atoms with Gasteiger partial charge in [-0.05, 0) is 18.6 Å². The van der Waals surface area contributed by atoms with Gasteiger partial charge in [-0.15, -0.1) is 0 Å². The van der Waals surface area contributed by atoms with Gasteiger partial charge in [0.25, 0.3) is 0 Å². The second-order valence-electron chi connectivity index (χ2n) is 6.63. The third kappa shape index (κ3) is 3.93. The van der Waals surface area contributed by atoms with Crippen molar-refractivity contribution < 1.29 is 9.59 Å². The van der Waals surface area contributed by atoms with Crippen LogP contribution in [0.4, 0.5) is 0 Å². The predicted octanol–water partition coefficient (Wildman–Crippen LogP) is 2.47. The molecule has 5 nitrogen and oxygen atoms in total. The summed E-state index contributed by atoms with van der Waals surface area (Å²) >= 11 is 0. The number of amides is 1. The lowest BCUT2D eigenvalue weighted by atomic mass is 9.91. The van der Waals surface area contributed by atoms with Crippen molar-refractivity contribution in [3.05, 3.63) is 30.0 Å². The molecule has 2 rings (SSSR count). The number of rotatable bonds is 5. The molecule has 5 heteroatoms. The molecular weight excluding hydrogens is 278 g/mol. The first-order valence-corrected chi connectivity index (χ1v) is 7.49. The van der Waals surface area contributed by atoms with Crippen molar-refractivity contribution in [2.24, 2.45) is 5.41 Å². The van der Waals surface area contributed by atoms with Crippen molar-refractivity contribution in [2.75, 3.05) is 6.54 Å². The Morgan fingerprint density at radius 3 is 2.68 bits per heavy atom. The largest absolute Gasteiger partial charge is 0.349 e. The molecule has 1 N–H and O–H groups in total. The lowest BCUT2D eigenvalue weighted by molar-refractivity contribution is -0.129. The van der Waals surface area contributed by atoms with Crippen LogP contribution in [0.5, 0.6) is 0 Å². The molecule has 22 heavy (non-hydrogen) atoms. The molecular formula is C17H23N3O2. The summed E-state index contributed by atoms with van der Waals surface area (Å²) in [5.41, 5.74) is 1.76. The van der Waals surface area contributed by atoms with Gasteiger partial charge in [0.2, 0.25) is 5.91 Å². The van der Waals surface area contributed by atoms with Gasteiger partial charge in [-0.1, -0.05) is 32.9 Å². The van der Waals surface area contributed by atoms with Crippen LogP contribution in [-0.4, -0.2) is 28.0 Å². The average Bonchev–Trinajstić information content (AvgIpc) is 2.83. The van der Waals surface area contributed by atoms with Crippen molar-refractivity contribution >= 4 is 22.6 Å². The fourth-order valence-electron chi connectivity index (χ4n) is 2.10. The molecule has 0 aliphatic heterocycles. The first-order valence-electron chi connectivity index (χ1n) is 7.49. The zero-order valence-electron chi connectivity index (χ0n) is 13.6. The van der Waals surface area contributed by atoms with Crippen LogP contribution < -0.4 is 5.32 Å². The van der Waals surface area contributed by atoms with E-state index < -0.39 is 5.41 Å². The third-order valence-corrected chi connectivity index (χ3v) is 3.63. The summed E-state index contributed by atoms with van der Waals surface area (Å²) in [5.74, 6) is -0.102. The summed E-state index contributed by atoms with van der Waals surface area (Å²) in [6.07, 6.45) is 2.11. The number of hydrogen-bond acceptors (Lipinski definition) is 3.